The number of carbonyl (C=O) groups is 1. The van der Waals surface area contributed by atoms with Gasteiger partial charge in [0.15, 0.2) is 0 Å². The summed E-state index contributed by atoms with van der Waals surface area (Å²) in [5, 5.41) is 23.8. The Labute approximate surface area is 133 Å². The second-order valence-corrected chi connectivity index (χ2v) is 5.63. The van der Waals surface area contributed by atoms with Gasteiger partial charge in [-0.25, -0.2) is 4.79 Å². The van der Waals surface area contributed by atoms with Gasteiger partial charge >= 0.3 is 5.97 Å². The lowest BCUT2D eigenvalue weighted by atomic mass is 9.83. The number of nitrogens with one attached hydrogen (secondary N) is 1. The molecule has 6 nitrogen and oxygen atoms in total. The predicted molar refractivity (Wildman–Crippen MR) is 84.3 cm³/mol. The highest BCUT2D eigenvalue weighted by atomic mass is 32.1. The fourth-order valence-electron chi connectivity index (χ4n) is 2.73. The number of benzene rings is 1. The van der Waals surface area contributed by atoms with Crippen molar-refractivity contribution in [1.82, 2.24) is 5.32 Å². The predicted octanol–water partition coefficient (Wildman–Crippen LogP) is 2.84. The first-order valence-corrected chi connectivity index (χ1v) is 7.05. The maximum Gasteiger partial charge on any atom is 0.334 e. The molecule has 0 aliphatic carbocycles. The van der Waals surface area contributed by atoms with Gasteiger partial charge in [0.05, 0.1) is 16.2 Å². The van der Waals surface area contributed by atoms with Crippen LogP contribution in [0.25, 0.3) is 0 Å². The van der Waals surface area contributed by atoms with Crippen molar-refractivity contribution < 1.29 is 14.8 Å². The minimum atomic E-state index is -1.18. The Balaban J connectivity index is 2.78. The highest BCUT2D eigenvalue weighted by molar-refractivity contribution is 7.80. The minimum absolute atomic E-state index is 0.0294. The van der Waals surface area contributed by atoms with E-state index in [2.05, 4.69) is 17.9 Å². The average molecular weight is 320 g/mol. The van der Waals surface area contributed by atoms with E-state index in [4.69, 9.17) is 0 Å². The molecule has 0 bridgehead atoms. The van der Waals surface area contributed by atoms with Crippen molar-refractivity contribution in [1.29, 1.82) is 0 Å². The number of dihydropyridines is 1. The van der Waals surface area contributed by atoms with Gasteiger partial charge in [0.25, 0.3) is 5.70 Å². The molecule has 0 saturated heterocycles. The van der Waals surface area contributed by atoms with Crippen LogP contribution in [0.3, 0.4) is 0 Å². The molecule has 0 amide bonds. The molecule has 116 valence electrons. The zero-order valence-corrected chi connectivity index (χ0v) is 13.3. The van der Waals surface area contributed by atoms with E-state index >= 15 is 0 Å². The summed E-state index contributed by atoms with van der Waals surface area (Å²) < 4.78 is 0. The fourth-order valence-corrected chi connectivity index (χ4v) is 3.00. The van der Waals surface area contributed by atoms with Crippen molar-refractivity contribution in [2.75, 3.05) is 0 Å². The summed E-state index contributed by atoms with van der Waals surface area (Å²) in [6.07, 6.45) is 0. The van der Waals surface area contributed by atoms with Crippen LogP contribution in [-0.4, -0.2) is 16.0 Å². The molecular formula is C15H16N2O4S. The average Bonchev–Trinajstić information content (AvgIpc) is 2.39. The molecule has 1 heterocycles. The van der Waals surface area contributed by atoms with Gasteiger partial charge in [0.2, 0.25) is 0 Å². The highest BCUT2D eigenvalue weighted by Gasteiger charge is 2.41. The number of hydrogen-bond acceptors (Lipinski definition) is 5. The molecule has 0 spiro atoms. The molecule has 0 fully saturated rings. The van der Waals surface area contributed by atoms with Crippen LogP contribution < -0.4 is 5.32 Å². The maximum absolute atomic E-state index is 11.7. The van der Waals surface area contributed by atoms with E-state index in [-0.39, 0.29) is 11.3 Å². The first-order valence-electron chi connectivity index (χ1n) is 6.60. The van der Waals surface area contributed by atoms with E-state index in [0.717, 1.165) is 5.56 Å². The van der Waals surface area contributed by atoms with E-state index in [0.29, 0.717) is 21.9 Å². The summed E-state index contributed by atoms with van der Waals surface area (Å²) >= 11 is 4.42. The van der Waals surface area contributed by atoms with Crippen LogP contribution in [0.4, 0.5) is 0 Å². The van der Waals surface area contributed by atoms with Crippen LogP contribution in [0.1, 0.15) is 30.9 Å². The Hall–Kier alpha value is -2.28. The largest absolute Gasteiger partial charge is 0.478 e. The molecule has 7 heteroatoms. The van der Waals surface area contributed by atoms with Crippen molar-refractivity contribution in [3.8, 4) is 0 Å². The molecule has 2 rings (SSSR count). The van der Waals surface area contributed by atoms with E-state index < -0.39 is 16.8 Å². The standard InChI is InChI=1S/C15H16N2O4S/c1-7-5-4-6-10(14(7)22)12-11(15(18)19)8(2)16-9(3)13(12)17(20)21/h4-6,12,16,22H,1-3H3,(H,18,19). The molecule has 1 aliphatic rings. The van der Waals surface area contributed by atoms with Gasteiger partial charge in [-0.2, -0.15) is 0 Å². The van der Waals surface area contributed by atoms with Crippen molar-refractivity contribution in [3.63, 3.8) is 0 Å². The number of carboxylic acid groups (broad SMARTS) is 1. The molecule has 0 aromatic heterocycles. The first kappa shape index (κ1) is 16.1. The van der Waals surface area contributed by atoms with Crippen LogP contribution in [0, 0.1) is 17.0 Å². The van der Waals surface area contributed by atoms with E-state index in [1.807, 2.05) is 13.0 Å². The number of rotatable bonds is 3. The summed E-state index contributed by atoms with van der Waals surface area (Å²) in [5.41, 5.74) is 1.90. The molecule has 1 aromatic carbocycles. The van der Waals surface area contributed by atoms with Crippen molar-refractivity contribution in [2.24, 2.45) is 0 Å². The number of aryl methyl sites for hydroxylation is 1. The van der Waals surface area contributed by atoms with Crippen molar-refractivity contribution >= 4 is 18.6 Å². The van der Waals surface area contributed by atoms with Gasteiger partial charge in [0, 0.05) is 10.6 Å². The number of nitro groups is 1. The molecular weight excluding hydrogens is 304 g/mol. The Bertz CT molecular complexity index is 701. The van der Waals surface area contributed by atoms with Gasteiger partial charge in [-0.15, -0.1) is 12.6 Å². The van der Waals surface area contributed by atoms with Crippen LogP contribution in [-0.2, 0) is 4.79 Å². The molecule has 0 radical (unpaired) electrons. The van der Waals surface area contributed by atoms with Gasteiger partial charge < -0.3 is 10.4 Å². The lowest BCUT2D eigenvalue weighted by molar-refractivity contribution is -0.431. The number of hydrogen-bond donors (Lipinski definition) is 3. The minimum Gasteiger partial charge on any atom is -0.478 e. The topological polar surface area (TPSA) is 92.5 Å². The molecule has 1 aromatic rings. The van der Waals surface area contributed by atoms with Crippen molar-refractivity contribution in [3.05, 3.63) is 62.1 Å². The fraction of sp³-hybridized carbons (Fsp3) is 0.267. The summed E-state index contributed by atoms with van der Waals surface area (Å²) in [5.74, 6) is -2.14. The highest BCUT2D eigenvalue weighted by Crippen LogP contribution is 2.41. The van der Waals surface area contributed by atoms with Crippen molar-refractivity contribution in [2.45, 2.75) is 31.6 Å². The third-order valence-electron chi connectivity index (χ3n) is 3.73. The van der Waals surface area contributed by atoms with Gasteiger partial charge in [-0.1, -0.05) is 18.2 Å². The van der Waals surface area contributed by atoms with Crippen LogP contribution >= 0.6 is 12.6 Å². The Morgan fingerprint density at radius 1 is 1.32 bits per heavy atom. The first-order chi connectivity index (χ1) is 10.3. The van der Waals surface area contributed by atoms with Crippen LogP contribution in [0.2, 0.25) is 0 Å². The summed E-state index contributed by atoms with van der Waals surface area (Å²) in [6.45, 7) is 5.00. The van der Waals surface area contributed by atoms with Gasteiger partial charge in [0.1, 0.15) is 5.92 Å². The molecule has 1 atom stereocenters. The summed E-state index contributed by atoms with van der Waals surface area (Å²) in [6, 6.07) is 5.25. The quantitative estimate of drug-likeness (QED) is 0.452. The third-order valence-corrected chi connectivity index (χ3v) is 4.34. The van der Waals surface area contributed by atoms with E-state index in [9.17, 15) is 20.0 Å². The summed E-state index contributed by atoms with van der Waals surface area (Å²) in [7, 11) is 0. The number of allylic oxidation sites excluding steroid dienone is 3. The van der Waals surface area contributed by atoms with Gasteiger partial charge in [-0.3, -0.25) is 10.1 Å². The lowest BCUT2D eigenvalue weighted by Gasteiger charge is -2.26. The monoisotopic (exact) mass is 320 g/mol. The van der Waals surface area contributed by atoms with Crippen LogP contribution in [0.5, 0.6) is 0 Å². The van der Waals surface area contributed by atoms with E-state index in [1.165, 1.54) is 0 Å². The molecule has 22 heavy (non-hydrogen) atoms. The second-order valence-electron chi connectivity index (χ2n) is 5.18. The molecule has 1 unspecified atom stereocenters. The zero-order valence-electron chi connectivity index (χ0n) is 12.4. The number of nitrogens with zero attached hydrogens (tertiary/aromatic N) is 1. The Morgan fingerprint density at radius 3 is 2.50 bits per heavy atom. The van der Waals surface area contributed by atoms with Gasteiger partial charge in [-0.05, 0) is 31.9 Å². The molecule has 2 N–H and O–H groups in total. The lowest BCUT2D eigenvalue weighted by Crippen LogP contribution is -2.31. The Kier molecular flexibility index (Phi) is 4.27. The molecule has 0 saturated carbocycles. The maximum atomic E-state index is 11.7. The number of thiol groups is 1. The Morgan fingerprint density at radius 2 is 1.95 bits per heavy atom. The second kappa shape index (κ2) is 5.84. The molecule has 1 aliphatic heterocycles. The number of carboxylic acids is 1. The smallest absolute Gasteiger partial charge is 0.334 e. The SMILES string of the molecule is CC1=C(C(=O)O)C(c2cccc(C)c2S)C([N+](=O)[O-])=C(C)N1. The number of aliphatic carboxylic acids is 1. The van der Waals surface area contributed by atoms with Crippen LogP contribution in [0.15, 0.2) is 45.8 Å². The third kappa shape index (κ3) is 2.59. The summed E-state index contributed by atoms with van der Waals surface area (Å²) in [4.78, 5) is 23.2. The van der Waals surface area contributed by atoms with E-state index in [1.54, 1.807) is 26.0 Å². The normalized spacial score (nSPS) is 18.3. The zero-order chi connectivity index (χ0) is 16.6.